The Bertz CT molecular complexity index is 992. The number of hydrogen-bond donors (Lipinski definition) is 1. The zero-order valence-corrected chi connectivity index (χ0v) is 14.5. The molecule has 1 aromatic heterocycles. The molecule has 3 nitrogen and oxygen atoms in total. The van der Waals surface area contributed by atoms with Crippen molar-refractivity contribution < 1.29 is 9.15 Å². The van der Waals surface area contributed by atoms with Crippen molar-refractivity contribution in [3.05, 3.63) is 84.1 Å². The second kappa shape index (κ2) is 6.73. The topological polar surface area (TPSA) is 48.4 Å². The third-order valence-electron chi connectivity index (χ3n) is 4.23. The van der Waals surface area contributed by atoms with E-state index >= 15 is 0 Å². The van der Waals surface area contributed by atoms with Gasteiger partial charge in [0.2, 0.25) is 0 Å². The van der Waals surface area contributed by atoms with Crippen molar-refractivity contribution in [1.29, 1.82) is 0 Å². The molecule has 0 aliphatic carbocycles. The van der Waals surface area contributed by atoms with E-state index in [1.165, 1.54) is 0 Å². The van der Waals surface area contributed by atoms with Crippen molar-refractivity contribution in [2.45, 2.75) is 6.92 Å². The average Bonchev–Trinajstić information content (AvgIpc) is 2.95. The molecule has 2 aromatic carbocycles. The van der Waals surface area contributed by atoms with Crippen LogP contribution >= 0.6 is 0 Å². The molecule has 0 saturated carbocycles. The number of para-hydroxylation sites is 1. The van der Waals surface area contributed by atoms with Crippen molar-refractivity contribution >= 4 is 28.3 Å². The molecule has 3 rings (SSSR count). The molecule has 0 bridgehead atoms. The molecule has 25 heavy (non-hydrogen) atoms. The number of furan rings is 1. The molecule has 126 valence electrons. The number of methoxy groups -OCH3 is 1. The van der Waals surface area contributed by atoms with Gasteiger partial charge in [-0.15, -0.1) is 0 Å². The van der Waals surface area contributed by atoms with Crippen LogP contribution in [0.5, 0.6) is 5.75 Å². The summed E-state index contributed by atoms with van der Waals surface area (Å²) in [6.07, 6.45) is 3.66. The summed E-state index contributed by atoms with van der Waals surface area (Å²) in [6.45, 7) is 9.89. The first-order chi connectivity index (χ1) is 12.0. The first kappa shape index (κ1) is 16.7. The first-order valence-corrected chi connectivity index (χ1v) is 8.00. The maximum atomic E-state index is 6.29. The van der Waals surface area contributed by atoms with Crippen LogP contribution < -0.4 is 10.5 Å². The fourth-order valence-corrected chi connectivity index (χ4v) is 2.93. The van der Waals surface area contributed by atoms with Crippen molar-refractivity contribution in [2.75, 3.05) is 7.11 Å². The number of nitrogens with two attached hydrogens (primary N) is 1. The van der Waals surface area contributed by atoms with E-state index in [4.69, 9.17) is 14.9 Å². The molecule has 3 aromatic rings. The van der Waals surface area contributed by atoms with Crippen LogP contribution in [0.1, 0.15) is 22.5 Å². The smallest absolute Gasteiger partial charge is 0.135 e. The predicted molar refractivity (Wildman–Crippen MR) is 105 cm³/mol. The lowest BCUT2D eigenvalue weighted by molar-refractivity contribution is 0.413. The number of rotatable bonds is 5. The van der Waals surface area contributed by atoms with Gasteiger partial charge in [-0.25, -0.2) is 0 Å². The van der Waals surface area contributed by atoms with Crippen LogP contribution in [0.3, 0.4) is 0 Å². The minimum Gasteiger partial charge on any atom is -0.496 e. The molecule has 0 aliphatic heterocycles. The van der Waals surface area contributed by atoms with Crippen molar-refractivity contribution in [3.8, 4) is 5.75 Å². The summed E-state index contributed by atoms with van der Waals surface area (Å²) in [4.78, 5) is 0. The minimum atomic E-state index is 0.618. The van der Waals surface area contributed by atoms with E-state index in [1.807, 2.05) is 61.5 Å². The van der Waals surface area contributed by atoms with Crippen LogP contribution in [-0.4, -0.2) is 7.11 Å². The largest absolute Gasteiger partial charge is 0.496 e. The summed E-state index contributed by atoms with van der Waals surface area (Å²) in [6, 6.07) is 13.7. The summed E-state index contributed by atoms with van der Waals surface area (Å²) in [5.74, 6) is 1.62. The van der Waals surface area contributed by atoms with Gasteiger partial charge in [-0.3, -0.25) is 0 Å². The van der Waals surface area contributed by atoms with E-state index < -0.39 is 0 Å². The van der Waals surface area contributed by atoms with Crippen molar-refractivity contribution in [1.82, 2.24) is 0 Å². The lowest BCUT2D eigenvalue weighted by Crippen LogP contribution is -1.97. The Labute approximate surface area is 147 Å². The molecule has 0 fully saturated rings. The third-order valence-corrected chi connectivity index (χ3v) is 4.23. The number of aryl methyl sites for hydroxylation is 1. The summed E-state index contributed by atoms with van der Waals surface area (Å²) < 4.78 is 11.2. The SMILES string of the molecule is C=Cc1c(C)oc2cc(/C(N)=C\C(=C)c3ccccc3OC)ccc12. The van der Waals surface area contributed by atoms with Gasteiger partial charge in [0.05, 0.1) is 7.11 Å². The zero-order valence-electron chi connectivity index (χ0n) is 14.5. The normalized spacial score (nSPS) is 11.5. The fourth-order valence-electron chi connectivity index (χ4n) is 2.93. The fraction of sp³-hybridized carbons (Fsp3) is 0.0909. The van der Waals surface area contributed by atoms with Gasteiger partial charge in [0.15, 0.2) is 0 Å². The highest BCUT2D eigenvalue weighted by Gasteiger charge is 2.10. The minimum absolute atomic E-state index is 0.618. The van der Waals surface area contributed by atoms with Gasteiger partial charge in [0.1, 0.15) is 17.1 Å². The predicted octanol–water partition coefficient (Wildman–Crippen LogP) is 5.41. The Morgan fingerprint density at radius 1 is 1.20 bits per heavy atom. The number of hydrogen-bond acceptors (Lipinski definition) is 3. The number of allylic oxidation sites excluding steroid dienone is 2. The van der Waals surface area contributed by atoms with Gasteiger partial charge in [-0.1, -0.05) is 43.5 Å². The van der Waals surface area contributed by atoms with E-state index in [2.05, 4.69) is 13.2 Å². The highest BCUT2D eigenvalue weighted by atomic mass is 16.5. The summed E-state index contributed by atoms with van der Waals surface area (Å²) in [7, 11) is 1.64. The van der Waals surface area contributed by atoms with Crippen LogP contribution in [-0.2, 0) is 0 Å². The molecule has 0 unspecified atom stereocenters. The lowest BCUT2D eigenvalue weighted by Gasteiger charge is -2.09. The first-order valence-electron chi connectivity index (χ1n) is 8.00. The Kier molecular flexibility index (Phi) is 4.48. The van der Waals surface area contributed by atoms with Crippen molar-refractivity contribution in [3.63, 3.8) is 0 Å². The average molecular weight is 331 g/mol. The number of fused-ring (bicyclic) bond motifs is 1. The lowest BCUT2D eigenvalue weighted by atomic mass is 10.0. The molecule has 0 spiro atoms. The van der Waals surface area contributed by atoms with Gasteiger partial charge < -0.3 is 14.9 Å². The van der Waals surface area contributed by atoms with Crippen LogP contribution in [0, 0.1) is 6.92 Å². The van der Waals surface area contributed by atoms with Gasteiger partial charge in [0, 0.05) is 27.8 Å². The molecule has 1 heterocycles. The number of benzene rings is 2. The Morgan fingerprint density at radius 2 is 1.96 bits per heavy atom. The van der Waals surface area contributed by atoms with Gasteiger partial charge in [-0.05, 0) is 36.8 Å². The molecule has 0 saturated heterocycles. The number of ether oxygens (including phenoxy) is 1. The Morgan fingerprint density at radius 3 is 2.68 bits per heavy atom. The maximum Gasteiger partial charge on any atom is 0.135 e. The highest BCUT2D eigenvalue weighted by Crippen LogP contribution is 2.30. The van der Waals surface area contributed by atoms with E-state index in [-0.39, 0.29) is 0 Å². The molecule has 0 atom stereocenters. The monoisotopic (exact) mass is 331 g/mol. The highest BCUT2D eigenvalue weighted by molar-refractivity contribution is 5.91. The zero-order chi connectivity index (χ0) is 18.0. The quantitative estimate of drug-likeness (QED) is 0.636. The molecule has 0 amide bonds. The summed E-state index contributed by atoms with van der Waals surface area (Å²) >= 11 is 0. The summed E-state index contributed by atoms with van der Waals surface area (Å²) in [5.41, 5.74) is 11.3. The van der Waals surface area contributed by atoms with Gasteiger partial charge in [0.25, 0.3) is 0 Å². The van der Waals surface area contributed by atoms with Crippen LogP contribution in [0.4, 0.5) is 0 Å². The molecule has 0 aliphatic rings. The third kappa shape index (κ3) is 3.09. The van der Waals surface area contributed by atoms with E-state index in [0.29, 0.717) is 5.70 Å². The second-order valence-corrected chi connectivity index (χ2v) is 5.81. The van der Waals surface area contributed by atoms with E-state index in [1.54, 1.807) is 7.11 Å². The second-order valence-electron chi connectivity index (χ2n) is 5.81. The standard InChI is InChI=1S/C22H21NO2/c1-5-17-15(3)25-22-13-16(10-11-19(17)22)20(23)12-14(2)18-8-6-7-9-21(18)24-4/h5-13H,1-2,23H2,3-4H3/b20-12+. The van der Waals surface area contributed by atoms with Crippen LogP contribution in [0.15, 0.2) is 66.1 Å². The van der Waals surface area contributed by atoms with E-state index in [0.717, 1.165) is 44.7 Å². The molecular formula is C22H21NO2. The van der Waals surface area contributed by atoms with Gasteiger partial charge in [-0.2, -0.15) is 0 Å². The molecule has 2 N–H and O–H groups in total. The molecular weight excluding hydrogens is 310 g/mol. The van der Waals surface area contributed by atoms with Crippen molar-refractivity contribution in [2.24, 2.45) is 5.73 Å². The summed E-state index contributed by atoms with van der Waals surface area (Å²) in [5, 5.41) is 1.03. The van der Waals surface area contributed by atoms with Crippen LogP contribution in [0.25, 0.3) is 28.3 Å². The molecule has 3 heteroatoms. The molecule has 0 radical (unpaired) electrons. The Balaban J connectivity index is 1.98. The van der Waals surface area contributed by atoms with Crippen LogP contribution in [0.2, 0.25) is 0 Å². The Hall–Kier alpha value is -3.20. The van der Waals surface area contributed by atoms with E-state index in [9.17, 15) is 0 Å². The maximum absolute atomic E-state index is 6.29. The van der Waals surface area contributed by atoms with Gasteiger partial charge >= 0.3 is 0 Å².